The summed E-state index contributed by atoms with van der Waals surface area (Å²) in [5.74, 6) is 2.01. The normalized spacial score (nSPS) is 25.4. The van der Waals surface area contributed by atoms with Gasteiger partial charge in [-0.15, -0.1) is 0 Å². The van der Waals surface area contributed by atoms with Crippen molar-refractivity contribution < 1.29 is 0 Å². The molecule has 1 aliphatic heterocycles. The van der Waals surface area contributed by atoms with Gasteiger partial charge in [0, 0.05) is 12.5 Å². The van der Waals surface area contributed by atoms with Gasteiger partial charge in [0.1, 0.15) is 0 Å². The lowest BCUT2D eigenvalue weighted by Crippen LogP contribution is -2.36. The van der Waals surface area contributed by atoms with Crippen LogP contribution < -0.4 is 5.73 Å². The second kappa shape index (κ2) is 6.24. The van der Waals surface area contributed by atoms with Crippen LogP contribution in [0.1, 0.15) is 46.5 Å². The molecule has 0 bridgehead atoms. The molecule has 0 aliphatic carbocycles. The van der Waals surface area contributed by atoms with E-state index in [4.69, 9.17) is 11.1 Å². The summed E-state index contributed by atoms with van der Waals surface area (Å²) in [6, 6.07) is 0.434. The van der Waals surface area contributed by atoms with Gasteiger partial charge in [-0.05, 0) is 51.1 Å². The molecule has 2 atom stereocenters. The molecular weight excluding hydrogens is 198 g/mol. The molecule has 0 saturated carbocycles. The summed E-state index contributed by atoms with van der Waals surface area (Å²) >= 11 is 0. The van der Waals surface area contributed by atoms with Gasteiger partial charge < -0.3 is 10.6 Å². The zero-order valence-corrected chi connectivity index (χ0v) is 11.0. The highest BCUT2D eigenvalue weighted by Crippen LogP contribution is 2.25. The van der Waals surface area contributed by atoms with Crippen LogP contribution in [-0.4, -0.2) is 29.9 Å². The third kappa shape index (κ3) is 4.12. The van der Waals surface area contributed by atoms with Crippen molar-refractivity contribution in [2.75, 3.05) is 13.1 Å². The standard InChI is InChI=1S/C13H27N3/c1-10(2)12-5-4-7-16(8-6-12)11(3)9-13(14)15/h10-12H,4-9H2,1-3H3,(H3,14,15). The average Bonchev–Trinajstić information content (AvgIpc) is 2.41. The molecule has 0 aromatic heterocycles. The second-order valence-corrected chi connectivity index (χ2v) is 5.55. The van der Waals surface area contributed by atoms with E-state index in [1.807, 2.05) is 0 Å². The smallest absolute Gasteiger partial charge is 0.0920 e. The lowest BCUT2D eigenvalue weighted by atomic mass is 9.89. The molecule has 1 saturated heterocycles. The summed E-state index contributed by atoms with van der Waals surface area (Å²) in [7, 11) is 0. The van der Waals surface area contributed by atoms with Crippen molar-refractivity contribution in [3.05, 3.63) is 0 Å². The lowest BCUT2D eigenvalue weighted by Gasteiger charge is -2.27. The third-order valence-electron chi connectivity index (χ3n) is 3.89. The zero-order valence-electron chi connectivity index (χ0n) is 11.0. The van der Waals surface area contributed by atoms with E-state index in [1.165, 1.54) is 32.4 Å². The van der Waals surface area contributed by atoms with Gasteiger partial charge in [-0.2, -0.15) is 0 Å². The molecule has 16 heavy (non-hydrogen) atoms. The van der Waals surface area contributed by atoms with E-state index in [-0.39, 0.29) is 0 Å². The Morgan fingerprint density at radius 3 is 2.56 bits per heavy atom. The number of amidine groups is 1. The summed E-state index contributed by atoms with van der Waals surface area (Å²) in [6.45, 7) is 9.21. The molecule has 0 aromatic rings. The van der Waals surface area contributed by atoms with Crippen molar-refractivity contribution in [1.29, 1.82) is 5.41 Å². The van der Waals surface area contributed by atoms with E-state index in [0.717, 1.165) is 11.8 Å². The topological polar surface area (TPSA) is 53.1 Å². The summed E-state index contributed by atoms with van der Waals surface area (Å²) in [4.78, 5) is 2.50. The lowest BCUT2D eigenvalue weighted by molar-refractivity contribution is 0.215. The number of nitrogens with two attached hydrogens (primary N) is 1. The van der Waals surface area contributed by atoms with Crippen molar-refractivity contribution in [2.45, 2.75) is 52.5 Å². The highest BCUT2D eigenvalue weighted by atomic mass is 15.1. The Hall–Kier alpha value is -0.570. The molecule has 3 heteroatoms. The van der Waals surface area contributed by atoms with Crippen molar-refractivity contribution >= 4 is 5.84 Å². The number of hydrogen-bond donors (Lipinski definition) is 2. The van der Waals surface area contributed by atoms with E-state index >= 15 is 0 Å². The number of nitrogens with zero attached hydrogens (tertiary/aromatic N) is 1. The molecule has 1 heterocycles. The summed E-state index contributed by atoms with van der Waals surface area (Å²) in [5.41, 5.74) is 5.47. The first-order chi connectivity index (χ1) is 7.50. The van der Waals surface area contributed by atoms with Gasteiger partial charge in [0.25, 0.3) is 0 Å². The highest BCUT2D eigenvalue weighted by Gasteiger charge is 2.22. The van der Waals surface area contributed by atoms with E-state index < -0.39 is 0 Å². The van der Waals surface area contributed by atoms with Crippen molar-refractivity contribution in [3.63, 3.8) is 0 Å². The van der Waals surface area contributed by atoms with Crippen LogP contribution in [0.15, 0.2) is 0 Å². The summed E-state index contributed by atoms with van der Waals surface area (Å²) < 4.78 is 0. The Kier molecular flexibility index (Phi) is 5.26. The zero-order chi connectivity index (χ0) is 12.1. The average molecular weight is 225 g/mol. The predicted octanol–water partition coefficient (Wildman–Crippen LogP) is 2.46. The van der Waals surface area contributed by atoms with Gasteiger partial charge in [-0.3, -0.25) is 5.41 Å². The largest absolute Gasteiger partial charge is 0.388 e. The molecule has 1 aliphatic rings. The Morgan fingerprint density at radius 2 is 2.00 bits per heavy atom. The third-order valence-corrected chi connectivity index (χ3v) is 3.89. The van der Waals surface area contributed by atoms with Gasteiger partial charge in [0.05, 0.1) is 5.84 Å². The number of hydrogen-bond acceptors (Lipinski definition) is 2. The fourth-order valence-electron chi connectivity index (χ4n) is 2.70. The summed E-state index contributed by atoms with van der Waals surface area (Å²) in [5, 5.41) is 7.36. The number of nitrogens with one attached hydrogen (secondary N) is 1. The maximum atomic E-state index is 7.36. The van der Waals surface area contributed by atoms with E-state index in [2.05, 4.69) is 25.7 Å². The second-order valence-electron chi connectivity index (χ2n) is 5.55. The Morgan fingerprint density at radius 1 is 1.31 bits per heavy atom. The van der Waals surface area contributed by atoms with Crippen LogP contribution in [-0.2, 0) is 0 Å². The van der Waals surface area contributed by atoms with E-state index in [1.54, 1.807) is 0 Å². The molecule has 0 amide bonds. The minimum Gasteiger partial charge on any atom is -0.388 e. The van der Waals surface area contributed by atoms with Crippen LogP contribution >= 0.6 is 0 Å². The van der Waals surface area contributed by atoms with Crippen LogP contribution in [0, 0.1) is 17.2 Å². The van der Waals surface area contributed by atoms with Crippen molar-refractivity contribution in [1.82, 2.24) is 4.90 Å². The van der Waals surface area contributed by atoms with E-state index in [9.17, 15) is 0 Å². The van der Waals surface area contributed by atoms with Gasteiger partial charge in [0.15, 0.2) is 0 Å². The fourth-order valence-corrected chi connectivity index (χ4v) is 2.70. The molecule has 0 radical (unpaired) electrons. The highest BCUT2D eigenvalue weighted by molar-refractivity contribution is 5.77. The van der Waals surface area contributed by atoms with Crippen LogP contribution in [0.4, 0.5) is 0 Å². The van der Waals surface area contributed by atoms with Gasteiger partial charge in [-0.25, -0.2) is 0 Å². The van der Waals surface area contributed by atoms with Gasteiger partial charge >= 0.3 is 0 Å². The van der Waals surface area contributed by atoms with E-state index in [0.29, 0.717) is 18.3 Å². The monoisotopic (exact) mass is 225 g/mol. The molecule has 3 N–H and O–H groups in total. The first-order valence-corrected chi connectivity index (χ1v) is 6.57. The first-order valence-electron chi connectivity index (χ1n) is 6.57. The SMILES string of the molecule is CC(C)C1CCCN(C(C)CC(=N)N)CC1. The Balaban J connectivity index is 2.43. The first kappa shape index (κ1) is 13.5. The predicted molar refractivity (Wildman–Crippen MR) is 69.7 cm³/mol. The molecule has 0 spiro atoms. The Bertz CT molecular complexity index is 225. The maximum absolute atomic E-state index is 7.36. The van der Waals surface area contributed by atoms with Gasteiger partial charge in [0.2, 0.25) is 0 Å². The number of rotatable bonds is 4. The maximum Gasteiger partial charge on any atom is 0.0920 e. The molecule has 1 fully saturated rings. The minimum absolute atomic E-state index is 0.317. The molecule has 0 aromatic carbocycles. The van der Waals surface area contributed by atoms with Crippen LogP contribution in [0.2, 0.25) is 0 Å². The van der Waals surface area contributed by atoms with Crippen LogP contribution in [0.3, 0.4) is 0 Å². The Labute approximate surface area is 99.9 Å². The number of likely N-dealkylation sites (tertiary alicyclic amines) is 1. The quantitative estimate of drug-likeness (QED) is 0.570. The van der Waals surface area contributed by atoms with Crippen molar-refractivity contribution in [2.24, 2.45) is 17.6 Å². The molecule has 1 rings (SSSR count). The molecule has 2 unspecified atom stereocenters. The van der Waals surface area contributed by atoms with Crippen LogP contribution in [0.25, 0.3) is 0 Å². The molecular formula is C13H27N3. The fraction of sp³-hybridized carbons (Fsp3) is 0.923. The summed E-state index contributed by atoms with van der Waals surface area (Å²) in [6.07, 6.45) is 4.68. The molecule has 94 valence electrons. The van der Waals surface area contributed by atoms with Gasteiger partial charge in [-0.1, -0.05) is 13.8 Å². The minimum atomic E-state index is 0.317. The molecule has 3 nitrogen and oxygen atoms in total. The van der Waals surface area contributed by atoms with Crippen LogP contribution in [0.5, 0.6) is 0 Å². The van der Waals surface area contributed by atoms with Crippen molar-refractivity contribution in [3.8, 4) is 0 Å².